The van der Waals surface area contributed by atoms with Gasteiger partial charge in [0.15, 0.2) is 0 Å². The van der Waals surface area contributed by atoms with E-state index in [4.69, 9.17) is 35.4 Å². The summed E-state index contributed by atoms with van der Waals surface area (Å²) in [4.78, 5) is 14.6. The molecule has 0 unspecified atom stereocenters. The van der Waals surface area contributed by atoms with Crippen molar-refractivity contribution in [1.82, 2.24) is 4.90 Å². The molecule has 0 radical (unpaired) electrons. The summed E-state index contributed by atoms with van der Waals surface area (Å²) in [5.41, 5.74) is 0.837. The fourth-order valence-corrected chi connectivity index (χ4v) is 3.36. The predicted octanol–water partition coefficient (Wildman–Crippen LogP) is 4.85. The minimum absolute atomic E-state index is 0.0419. The maximum atomic E-state index is 12.3. The Labute approximate surface area is 138 Å². The molecular weight excluding hydrogens is 333 g/mol. The van der Waals surface area contributed by atoms with Gasteiger partial charge in [0.25, 0.3) is 5.91 Å². The quantitative estimate of drug-likeness (QED) is 0.576. The van der Waals surface area contributed by atoms with Gasteiger partial charge in [-0.2, -0.15) is 0 Å². The summed E-state index contributed by atoms with van der Waals surface area (Å²) in [6.45, 7) is 4.76. The first-order chi connectivity index (χ1) is 9.38. The van der Waals surface area contributed by atoms with E-state index in [1.165, 1.54) is 11.8 Å². The van der Waals surface area contributed by atoms with E-state index < -0.39 is 0 Å². The highest BCUT2D eigenvalue weighted by Crippen LogP contribution is 2.33. The van der Waals surface area contributed by atoms with E-state index >= 15 is 0 Å². The van der Waals surface area contributed by atoms with Gasteiger partial charge in [0.2, 0.25) is 0 Å². The molecule has 1 aliphatic heterocycles. The van der Waals surface area contributed by atoms with Crippen LogP contribution in [0.3, 0.4) is 0 Å². The topological polar surface area (TPSA) is 20.3 Å². The van der Waals surface area contributed by atoms with Gasteiger partial charge < -0.3 is 0 Å². The predicted molar refractivity (Wildman–Crippen MR) is 91.2 cm³/mol. The molecule has 2 rings (SSSR count). The molecule has 1 fully saturated rings. The minimum atomic E-state index is -0.0419. The first-order valence-electron chi connectivity index (χ1n) is 6.09. The summed E-state index contributed by atoms with van der Waals surface area (Å²) in [6, 6.07) is 5.27. The standard InChI is InChI=1S/C14H13Cl2NOS2/c1-8(2)7-17-13(18)12(20-14(17)19)6-9-3-4-10(15)11(16)5-9/h3-6,8H,7H2,1-2H3/b12-6-. The van der Waals surface area contributed by atoms with Gasteiger partial charge in [0.1, 0.15) is 4.32 Å². The Kier molecular flexibility index (Phi) is 5.13. The lowest BCUT2D eigenvalue weighted by atomic mass is 10.2. The zero-order chi connectivity index (χ0) is 14.9. The number of carbonyl (C=O) groups excluding carboxylic acids is 1. The molecule has 1 aliphatic rings. The van der Waals surface area contributed by atoms with Crippen LogP contribution in [0.2, 0.25) is 10.0 Å². The van der Waals surface area contributed by atoms with Crippen LogP contribution in [-0.2, 0) is 4.79 Å². The summed E-state index contributed by atoms with van der Waals surface area (Å²) in [5, 5.41) is 0.967. The Bertz CT molecular complexity index is 599. The van der Waals surface area contributed by atoms with Crippen LogP contribution >= 0.6 is 47.2 Å². The van der Waals surface area contributed by atoms with Gasteiger partial charge in [-0.05, 0) is 29.7 Å². The molecule has 0 saturated carbocycles. The van der Waals surface area contributed by atoms with Gasteiger partial charge in [0, 0.05) is 6.54 Å². The Balaban J connectivity index is 2.25. The van der Waals surface area contributed by atoms with Crippen LogP contribution in [0.25, 0.3) is 6.08 Å². The zero-order valence-corrected chi connectivity index (χ0v) is 14.2. The van der Waals surface area contributed by atoms with Gasteiger partial charge in [-0.1, -0.05) is 67.1 Å². The molecule has 0 aromatic heterocycles. The summed E-state index contributed by atoms with van der Waals surface area (Å²) in [7, 11) is 0. The van der Waals surface area contributed by atoms with Crippen LogP contribution in [-0.4, -0.2) is 21.7 Å². The number of nitrogens with zero attached hydrogens (tertiary/aromatic N) is 1. The second-order valence-electron chi connectivity index (χ2n) is 4.86. The van der Waals surface area contributed by atoms with E-state index in [0.717, 1.165) is 5.56 Å². The highest BCUT2D eigenvalue weighted by Gasteiger charge is 2.32. The molecule has 0 bridgehead atoms. The third kappa shape index (κ3) is 3.55. The zero-order valence-electron chi connectivity index (χ0n) is 11.0. The maximum Gasteiger partial charge on any atom is 0.266 e. The lowest BCUT2D eigenvalue weighted by Crippen LogP contribution is -2.31. The lowest BCUT2D eigenvalue weighted by molar-refractivity contribution is -0.122. The molecule has 20 heavy (non-hydrogen) atoms. The third-order valence-electron chi connectivity index (χ3n) is 2.66. The molecule has 1 aromatic rings. The van der Waals surface area contributed by atoms with E-state index in [1.54, 1.807) is 23.1 Å². The summed E-state index contributed by atoms with van der Waals surface area (Å²) >= 11 is 18.4. The molecule has 1 aromatic carbocycles. The number of hydrogen-bond donors (Lipinski definition) is 0. The number of amides is 1. The fourth-order valence-electron chi connectivity index (χ4n) is 1.78. The van der Waals surface area contributed by atoms with Crippen molar-refractivity contribution in [2.45, 2.75) is 13.8 Å². The average molecular weight is 346 g/mol. The maximum absolute atomic E-state index is 12.3. The van der Waals surface area contributed by atoms with Crippen molar-refractivity contribution in [1.29, 1.82) is 0 Å². The summed E-state index contributed by atoms with van der Waals surface area (Å²) in [6.07, 6.45) is 1.79. The van der Waals surface area contributed by atoms with Crippen molar-refractivity contribution in [3.63, 3.8) is 0 Å². The van der Waals surface area contributed by atoms with Crippen LogP contribution in [0.1, 0.15) is 19.4 Å². The largest absolute Gasteiger partial charge is 0.293 e. The highest BCUT2D eigenvalue weighted by molar-refractivity contribution is 8.26. The van der Waals surface area contributed by atoms with Crippen molar-refractivity contribution in [3.05, 3.63) is 38.7 Å². The third-order valence-corrected chi connectivity index (χ3v) is 4.78. The first kappa shape index (κ1) is 15.8. The van der Waals surface area contributed by atoms with Crippen LogP contribution in [0.4, 0.5) is 0 Å². The molecule has 0 N–H and O–H groups in total. The first-order valence-corrected chi connectivity index (χ1v) is 8.07. The summed E-state index contributed by atoms with van der Waals surface area (Å²) in [5.74, 6) is 0.335. The number of hydrogen-bond acceptors (Lipinski definition) is 3. The Morgan fingerprint density at radius 2 is 2.05 bits per heavy atom. The fraction of sp³-hybridized carbons (Fsp3) is 0.286. The Morgan fingerprint density at radius 1 is 1.35 bits per heavy atom. The average Bonchev–Trinajstić information content (AvgIpc) is 2.61. The molecule has 0 atom stereocenters. The number of benzene rings is 1. The number of carbonyl (C=O) groups is 1. The van der Waals surface area contributed by atoms with Gasteiger partial charge in [0.05, 0.1) is 15.0 Å². The Hall–Kier alpha value is -0.550. The monoisotopic (exact) mass is 345 g/mol. The number of halogens is 2. The molecule has 0 spiro atoms. The van der Waals surface area contributed by atoms with E-state index in [0.29, 0.717) is 31.7 Å². The molecule has 1 heterocycles. The van der Waals surface area contributed by atoms with Crippen molar-refractivity contribution < 1.29 is 4.79 Å². The Morgan fingerprint density at radius 3 is 2.65 bits per heavy atom. The molecule has 1 saturated heterocycles. The van der Waals surface area contributed by atoms with Crippen molar-refractivity contribution in [2.75, 3.05) is 6.54 Å². The van der Waals surface area contributed by atoms with Gasteiger partial charge >= 0.3 is 0 Å². The van der Waals surface area contributed by atoms with E-state index in [-0.39, 0.29) is 5.91 Å². The van der Waals surface area contributed by atoms with Crippen molar-refractivity contribution in [3.8, 4) is 0 Å². The minimum Gasteiger partial charge on any atom is -0.293 e. The second kappa shape index (κ2) is 6.48. The normalized spacial score (nSPS) is 17.6. The molecular formula is C14H13Cl2NOS2. The second-order valence-corrected chi connectivity index (χ2v) is 7.35. The van der Waals surface area contributed by atoms with Crippen LogP contribution < -0.4 is 0 Å². The summed E-state index contributed by atoms with van der Waals surface area (Å²) < 4.78 is 0.606. The lowest BCUT2D eigenvalue weighted by Gasteiger charge is -2.16. The van der Waals surface area contributed by atoms with Crippen LogP contribution in [0, 0.1) is 5.92 Å². The van der Waals surface area contributed by atoms with E-state index in [9.17, 15) is 4.79 Å². The molecule has 1 amide bonds. The van der Waals surface area contributed by atoms with Gasteiger partial charge in [-0.3, -0.25) is 9.69 Å². The molecule has 0 aliphatic carbocycles. The number of rotatable bonds is 3. The smallest absolute Gasteiger partial charge is 0.266 e. The SMILES string of the molecule is CC(C)CN1C(=O)/C(=C/c2ccc(Cl)c(Cl)c2)SC1=S. The van der Waals surface area contributed by atoms with Gasteiger partial charge in [-0.15, -0.1) is 0 Å². The van der Waals surface area contributed by atoms with Crippen molar-refractivity contribution >= 4 is 63.5 Å². The van der Waals surface area contributed by atoms with E-state index in [2.05, 4.69) is 13.8 Å². The van der Waals surface area contributed by atoms with Crippen LogP contribution in [0.5, 0.6) is 0 Å². The van der Waals surface area contributed by atoms with Gasteiger partial charge in [-0.25, -0.2) is 0 Å². The van der Waals surface area contributed by atoms with E-state index in [1.807, 2.05) is 6.07 Å². The highest BCUT2D eigenvalue weighted by atomic mass is 35.5. The van der Waals surface area contributed by atoms with Crippen LogP contribution in [0.15, 0.2) is 23.1 Å². The number of thioether (sulfide) groups is 1. The number of thiocarbonyl (C=S) groups is 1. The molecule has 2 nitrogen and oxygen atoms in total. The molecule has 6 heteroatoms. The van der Waals surface area contributed by atoms with Crippen molar-refractivity contribution in [2.24, 2.45) is 5.92 Å². The molecule has 106 valence electrons.